The van der Waals surface area contributed by atoms with Crippen LogP contribution in [-0.2, 0) is 14.6 Å². The highest BCUT2D eigenvalue weighted by Crippen LogP contribution is 2.20. The molecule has 0 aromatic carbocycles. The second kappa shape index (κ2) is 9.12. The fourth-order valence-corrected chi connectivity index (χ4v) is 5.04. The Labute approximate surface area is 163 Å². The molecule has 156 valence electrons. The summed E-state index contributed by atoms with van der Waals surface area (Å²) in [6.07, 6.45) is 3.23. The summed E-state index contributed by atoms with van der Waals surface area (Å²) in [6, 6.07) is -0.113. The SMILES string of the molecule is CCNC(=NCC1CCCCN1C(=O)OC(C)(C)C)NC1CCS(=O)(=O)C1. The first-order chi connectivity index (χ1) is 12.6. The van der Waals surface area contributed by atoms with Gasteiger partial charge in [0.25, 0.3) is 0 Å². The number of nitrogens with one attached hydrogen (secondary N) is 2. The van der Waals surface area contributed by atoms with Crippen LogP contribution in [-0.4, -0.2) is 74.2 Å². The van der Waals surface area contributed by atoms with Crippen LogP contribution in [0.25, 0.3) is 0 Å². The average Bonchev–Trinajstić information content (AvgIpc) is 2.90. The van der Waals surface area contributed by atoms with E-state index in [0.717, 1.165) is 19.3 Å². The molecule has 2 aliphatic heterocycles. The zero-order valence-electron chi connectivity index (χ0n) is 17.0. The molecular formula is C18H34N4O4S. The molecule has 0 radical (unpaired) electrons. The lowest BCUT2D eigenvalue weighted by molar-refractivity contribution is 0.0109. The monoisotopic (exact) mass is 402 g/mol. The first-order valence-electron chi connectivity index (χ1n) is 9.84. The van der Waals surface area contributed by atoms with Gasteiger partial charge in [-0.25, -0.2) is 13.2 Å². The summed E-state index contributed by atoms with van der Waals surface area (Å²) in [4.78, 5) is 18.9. The third kappa shape index (κ3) is 7.20. The Bertz CT molecular complexity index is 642. The van der Waals surface area contributed by atoms with E-state index in [9.17, 15) is 13.2 Å². The van der Waals surface area contributed by atoms with Gasteiger partial charge in [-0.05, 0) is 53.4 Å². The van der Waals surface area contributed by atoms with Gasteiger partial charge in [0.2, 0.25) is 0 Å². The number of aliphatic imine (C=N–C) groups is 1. The largest absolute Gasteiger partial charge is 0.444 e. The maximum absolute atomic E-state index is 12.5. The smallest absolute Gasteiger partial charge is 0.410 e. The first-order valence-corrected chi connectivity index (χ1v) is 11.7. The second-order valence-corrected chi connectivity index (χ2v) is 10.5. The number of rotatable bonds is 4. The molecule has 0 aliphatic carbocycles. The molecule has 2 rings (SSSR count). The van der Waals surface area contributed by atoms with E-state index >= 15 is 0 Å². The predicted octanol–water partition coefficient (Wildman–Crippen LogP) is 1.52. The summed E-state index contributed by atoms with van der Waals surface area (Å²) in [5.41, 5.74) is -0.521. The number of carbonyl (C=O) groups is 1. The number of ether oxygens (including phenoxy) is 1. The van der Waals surface area contributed by atoms with E-state index in [0.29, 0.717) is 32.0 Å². The van der Waals surface area contributed by atoms with Crippen molar-refractivity contribution in [2.24, 2.45) is 4.99 Å². The number of guanidine groups is 1. The van der Waals surface area contributed by atoms with Crippen LogP contribution in [0.2, 0.25) is 0 Å². The molecule has 8 nitrogen and oxygen atoms in total. The molecule has 2 aliphatic rings. The van der Waals surface area contributed by atoms with Crippen molar-refractivity contribution in [1.29, 1.82) is 0 Å². The highest BCUT2D eigenvalue weighted by atomic mass is 32.2. The molecule has 2 saturated heterocycles. The summed E-state index contributed by atoms with van der Waals surface area (Å²) in [5.74, 6) is 0.971. The van der Waals surface area contributed by atoms with E-state index < -0.39 is 15.4 Å². The molecule has 27 heavy (non-hydrogen) atoms. The standard InChI is InChI=1S/C18H34N4O4S/c1-5-19-16(21-14-9-11-27(24,25)13-14)20-12-15-8-6-7-10-22(15)17(23)26-18(2,3)4/h14-15H,5-13H2,1-4H3,(H2,19,20,21). The van der Waals surface area contributed by atoms with Gasteiger partial charge in [0.1, 0.15) is 5.60 Å². The van der Waals surface area contributed by atoms with Gasteiger partial charge in [-0.2, -0.15) is 0 Å². The number of hydrogen-bond acceptors (Lipinski definition) is 5. The van der Waals surface area contributed by atoms with Crippen LogP contribution < -0.4 is 10.6 Å². The third-order valence-corrected chi connectivity index (χ3v) is 6.40. The topological polar surface area (TPSA) is 100 Å². The van der Waals surface area contributed by atoms with Gasteiger partial charge in [-0.3, -0.25) is 4.99 Å². The predicted molar refractivity (Wildman–Crippen MR) is 107 cm³/mol. The van der Waals surface area contributed by atoms with Crippen molar-refractivity contribution >= 4 is 21.9 Å². The van der Waals surface area contributed by atoms with Crippen molar-refractivity contribution in [2.45, 2.75) is 71.1 Å². The number of nitrogens with zero attached hydrogens (tertiary/aromatic N) is 2. The lowest BCUT2D eigenvalue weighted by atomic mass is 10.0. The number of amides is 1. The summed E-state index contributed by atoms with van der Waals surface area (Å²) in [5, 5.41) is 6.39. The summed E-state index contributed by atoms with van der Waals surface area (Å²) < 4.78 is 28.9. The summed E-state index contributed by atoms with van der Waals surface area (Å²) >= 11 is 0. The van der Waals surface area contributed by atoms with E-state index in [-0.39, 0.29) is 29.7 Å². The molecule has 0 aromatic rings. The number of likely N-dealkylation sites (tertiary alicyclic amines) is 1. The minimum atomic E-state index is -2.94. The van der Waals surface area contributed by atoms with Crippen molar-refractivity contribution in [3.05, 3.63) is 0 Å². The van der Waals surface area contributed by atoms with Gasteiger partial charge < -0.3 is 20.3 Å². The maximum Gasteiger partial charge on any atom is 0.410 e. The Kier molecular flexibility index (Phi) is 7.36. The molecule has 0 aromatic heterocycles. The maximum atomic E-state index is 12.5. The molecule has 0 spiro atoms. The van der Waals surface area contributed by atoms with Gasteiger partial charge in [0.15, 0.2) is 15.8 Å². The Morgan fingerprint density at radius 1 is 1.26 bits per heavy atom. The van der Waals surface area contributed by atoms with E-state index in [1.807, 2.05) is 27.7 Å². The van der Waals surface area contributed by atoms with Crippen molar-refractivity contribution in [2.75, 3.05) is 31.1 Å². The van der Waals surface area contributed by atoms with E-state index in [4.69, 9.17) is 4.74 Å². The van der Waals surface area contributed by atoms with Gasteiger partial charge in [-0.1, -0.05) is 0 Å². The third-order valence-electron chi connectivity index (χ3n) is 4.63. The molecule has 9 heteroatoms. The van der Waals surface area contributed by atoms with Gasteiger partial charge in [-0.15, -0.1) is 0 Å². The molecule has 0 saturated carbocycles. The molecule has 1 amide bonds. The van der Waals surface area contributed by atoms with Crippen LogP contribution in [0.4, 0.5) is 4.79 Å². The zero-order chi connectivity index (χ0) is 20.1. The van der Waals surface area contributed by atoms with E-state index in [1.165, 1.54) is 0 Å². The minimum absolute atomic E-state index is 0.00336. The van der Waals surface area contributed by atoms with Gasteiger partial charge >= 0.3 is 6.09 Å². The van der Waals surface area contributed by atoms with E-state index in [2.05, 4.69) is 15.6 Å². The van der Waals surface area contributed by atoms with Crippen LogP contribution in [0.5, 0.6) is 0 Å². The number of piperidine rings is 1. The molecule has 0 bridgehead atoms. The first kappa shape index (κ1) is 21.8. The van der Waals surface area contributed by atoms with Crippen molar-refractivity contribution in [1.82, 2.24) is 15.5 Å². The lowest BCUT2D eigenvalue weighted by Crippen LogP contribution is -2.49. The van der Waals surface area contributed by atoms with Crippen molar-refractivity contribution in [3.8, 4) is 0 Å². The van der Waals surface area contributed by atoms with E-state index in [1.54, 1.807) is 4.90 Å². The van der Waals surface area contributed by atoms with Crippen LogP contribution in [0.15, 0.2) is 4.99 Å². The summed E-state index contributed by atoms with van der Waals surface area (Å²) in [6.45, 7) is 9.40. The summed E-state index contributed by atoms with van der Waals surface area (Å²) in [7, 11) is -2.94. The minimum Gasteiger partial charge on any atom is -0.444 e. The number of sulfone groups is 1. The van der Waals surface area contributed by atoms with Crippen molar-refractivity contribution < 1.29 is 17.9 Å². The van der Waals surface area contributed by atoms with Gasteiger partial charge in [0.05, 0.1) is 24.1 Å². The molecule has 2 unspecified atom stereocenters. The quantitative estimate of drug-likeness (QED) is 0.546. The number of carbonyl (C=O) groups excluding carboxylic acids is 1. The highest BCUT2D eigenvalue weighted by Gasteiger charge is 2.31. The Morgan fingerprint density at radius 2 is 2.00 bits per heavy atom. The fourth-order valence-electron chi connectivity index (χ4n) is 3.37. The van der Waals surface area contributed by atoms with Gasteiger partial charge in [0, 0.05) is 19.1 Å². The van der Waals surface area contributed by atoms with Crippen LogP contribution in [0, 0.1) is 0 Å². The lowest BCUT2D eigenvalue weighted by Gasteiger charge is -2.36. The second-order valence-electron chi connectivity index (χ2n) is 8.29. The molecule has 2 heterocycles. The Balaban J connectivity index is 2.00. The average molecular weight is 403 g/mol. The molecule has 2 N–H and O–H groups in total. The normalized spacial score (nSPS) is 25.9. The van der Waals surface area contributed by atoms with Crippen LogP contribution in [0.3, 0.4) is 0 Å². The fraction of sp³-hybridized carbons (Fsp3) is 0.889. The Hall–Kier alpha value is -1.51. The molecule has 2 atom stereocenters. The Morgan fingerprint density at radius 3 is 2.59 bits per heavy atom. The molecule has 2 fully saturated rings. The van der Waals surface area contributed by atoms with Crippen molar-refractivity contribution in [3.63, 3.8) is 0 Å². The van der Waals surface area contributed by atoms with Crippen LogP contribution in [0.1, 0.15) is 53.4 Å². The zero-order valence-corrected chi connectivity index (χ0v) is 17.8. The highest BCUT2D eigenvalue weighted by molar-refractivity contribution is 7.91. The van der Waals surface area contributed by atoms with Crippen LogP contribution >= 0.6 is 0 Å². The number of hydrogen-bond donors (Lipinski definition) is 2. The molecular weight excluding hydrogens is 368 g/mol.